The van der Waals surface area contributed by atoms with Crippen LogP contribution in [0.15, 0.2) is 40.7 Å². The second-order valence-electron chi connectivity index (χ2n) is 5.38. The van der Waals surface area contributed by atoms with Crippen molar-refractivity contribution in [3.63, 3.8) is 0 Å². The van der Waals surface area contributed by atoms with Gasteiger partial charge in [0.1, 0.15) is 0 Å². The SMILES string of the molecule is CC1=C(C(N)=O)C(c2ccc(Cl)cc2Cl)n2cc(S(=O)(=O)O)nc2N1. The van der Waals surface area contributed by atoms with Crippen molar-refractivity contribution in [1.29, 1.82) is 0 Å². The van der Waals surface area contributed by atoms with Crippen LogP contribution in [0.5, 0.6) is 0 Å². The maximum Gasteiger partial charge on any atom is 0.313 e. The minimum Gasteiger partial charge on any atom is -0.366 e. The van der Waals surface area contributed by atoms with Crippen LogP contribution in [-0.4, -0.2) is 28.4 Å². The van der Waals surface area contributed by atoms with Gasteiger partial charge in [0.25, 0.3) is 0 Å². The van der Waals surface area contributed by atoms with E-state index in [-0.39, 0.29) is 16.5 Å². The van der Waals surface area contributed by atoms with E-state index in [2.05, 4.69) is 10.3 Å². The molecule has 1 amide bonds. The topological polar surface area (TPSA) is 127 Å². The Balaban J connectivity index is 2.29. The molecule has 0 aliphatic carbocycles. The second-order valence-corrected chi connectivity index (χ2v) is 7.59. The first-order valence-electron chi connectivity index (χ1n) is 6.88. The maximum absolute atomic E-state index is 12.0. The Morgan fingerprint density at radius 2 is 2.08 bits per heavy atom. The van der Waals surface area contributed by atoms with Crippen LogP contribution in [0, 0.1) is 0 Å². The summed E-state index contributed by atoms with van der Waals surface area (Å²) in [5, 5.41) is 2.89. The van der Waals surface area contributed by atoms with Gasteiger partial charge in [-0.15, -0.1) is 0 Å². The van der Waals surface area contributed by atoms with Crippen molar-refractivity contribution in [2.75, 3.05) is 5.32 Å². The smallest absolute Gasteiger partial charge is 0.313 e. The fourth-order valence-corrected chi connectivity index (χ4v) is 3.67. The van der Waals surface area contributed by atoms with Crippen molar-refractivity contribution in [2.24, 2.45) is 5.73 Å². The van der Waals surface area contributed by atoms with E-state index in [1.165, 1.54) is 10.6 Å². The number of fused-ring (bicyclic) bond motifs is 1. The van der Waals surface area contributed by atoms with Crippen molar-refractivity contribution in [1.82, 2.24) is 9.55 Å². The summed E-state index contributed by atoms with van der Waals surface area (Å²) < 4.78 is 33.4. The number of primary amides is 1. The summed E-state index contributed by atoms with van der Waals surface area (Å²) >= 11 is 12.2. The largest absolute Gasteiger partial charge is 0.366 e. The fourth-order valence-electron chi connectivity index (χ4n) is 2.71. The Labute approximate surface area is 153 Å². The minimum atomic E-state index is -4.54. The van der Waals surface area contributed by atoms with Crippen LogP contribution in [0.25, 0.3) is 0 Å². The molecule has 8 nitrogen and oxygen atoms in total. The summed E-state index contributed by atoms with van der Waals surface area (Å²) in [6.45, 7) is 1.60. The van der Waals surface area contributed by atoms with Gasteiger partial charge in [0.05, 0.1) is 11.6 Å². The molecule has 0 spiro atoms. The lowest BCUT2D eigenvalue weighted by atomic mass is 9.95. The highest BCUT2D eigenvalue weighted by Gasteiger charge is 2.34. The number of carbonyl (C=O) groups excluding carboxylic acids is 1. The molecule has 4 N–H and O–H groups in total. The first-order chi connectivity index (χ1) is 11.6. The van der Waals surface area contributed by atoms with Crippen molar-refractivity contribution in [2.45, 2.75) is 18.0 Å². The molecule has 1 aliphatic heterocycles. The number of carbonyl (C=O) groups is 1. The van der Waals surface area contributed by atoms with Gasteiger partial charge in [0.2, 0.25) is 16.9 Å². The predicted molar refractivity (Wildman–Crippen MR) is 92.2 cm³/mol. The molecular weight excluding hydrogens is 391 g/mol. The lowest BCUT2D eigenvalue weighted by Crippen LogP contribution is -2.31. The molecule has 1 aromatic heterocycles. The van der Waals surface area contributed by atoms with Gasteiger partial charge < -0.3 is 15.6 Å². The molecule has 11 heteroatoms. The molecule has 0 radical (unpaired) electrons. The highest BCUT2D eigenvalue weighted by Crippen LogP contribution is 2.39. The van der Waals surface area contributed by atoms with Gasteiger partial charge in [-0.2, -0.15) is 13.4 Å². The van der Waals surface area contributed by atoms with Gasteiger partial charge in [-0.3, -0.25) is 9.35 Å². The zero-order chi connectivity index (χ0) is 18.5. The third kappa shape index (κ3) is 3.11. The predicted octanol–water partition coefficient (Wildman–Crippen LogP) is 2.21. The molecule has 2 heterocycles. The minimum absolute atomic E-state index is 0.117. The van der Waals surface area contributed by atoms with Crippen LogP contribution in [0.3, 0.4) is 0 Å². The monoisotopic (exact) mass is 402 g/mol. The van der Waals surface area contributed by atoms with Gasteiger partial charge in [0.15, 0.2) is 0 Å². The lowest BCUT2D eigenvalue weighted by Gasteiger charge is -2.29. The number of nitrogens with one attached hydrogen (secondary N) is 1. The number of nitrogens with two attached hydrogens (primary N) is 1. The number of hydrogen-bond donors (Lipinski definition) is 3. The zero-order valence-corrected chi connectivity index (χ0v) is 15.0. The first kappa shape index (κ1) is 17.7. The highest BCUT2D eigenvalue weighted by atomic mass is 35.5. The lowest BCUT2D eigenvalue weighted by molar-refractivity contribution is -0.115. The van der Waals surface area contributed by atoms with Crippen molar-refractivity contribution in [3.05, 3.63) is 51.3 Å². The number of halogens is 2. The number of anilines is 1. The van der Waals surface area contributed by atoms with Gasteiger partial charge in [-0.1, -0.05) is 29.3 Å². The number of amides is 1. The molecule has 0 bridgehead atoms. The van der Waals surface area contributed by atoms with Crippen molar-refractivity contribution in [3.8, 4) is 0 Å². The van der Waals surface area contributed by atoms with Crippen LogP contribution in [-0.2, 0) is 14.9 Å². The van der Waals surface area contributed by atoms with E-state index in [0.717, 1.165) is 6.20 Å². The summed E-state index contributed by atoms with van der Waals surface area (Å²) in [5.74, 6) is -0.597. The summed E-state index contributed by atoms with van der Waals surface area (Å²) in [4.78, 5) is 15.8. The molecule has 1 aliphatic rings. The van der Waals surface area contributed by atoms with Crippen LogP contribution in [0.4, 0.5) is 5.95 Å². The van der Waals surface area contributed by atoms with Gasteiger partial charge in [0, 0.05) is 21.9 Å². The van der Waals surface area contributed by atoms with Gasteiger partial charge in [-0.05, 0) is 24.6 Å². The van der Waals surface area contributed by atoms with E-state index in [0.29, 0.717) is 16.3 Å². The Bertz CT molecular complexity index is 1030. The molecule has 0 fully saturated rings. The highest BCUT2D eigenvalue weighted by molar-refractivity contribution is 7.85. The molecule has 0 saturated heterocycles. The summed E-state index contributed by atoms with van der Waals surface area (Å²) in [7, 11) is -4.54. The first-order valence-corrected chi connectivity index (χ1v) is 9.08. The zero-order valence-electron chi connectivity index (χ0n) is 12.7. The number of allylic oxidation sites excluding steroid dienone is 1. The van der Waals surface area contributed by atoms with E-state index < -0.39 is 27.1 Å². The average Bonchev–Trinajstić information content (AvgIpc) is 2.89. The second kappa shape index (κ2) is 6.03. The number of imidazole rings is 1. The number of hydrogen-bond acceptors (Lipinski definition) is 5. The number of nitrogens with zero attached hydrogens (tertiary/aromatic N) is 2. The van der Waals surface area contributed by atoms with Gasteiger partial charge in [-0.25, -0.2) is 0 Å². The van der Waals surface area contributed by atoms with E-state index >= 15 is 0 Å². The molecule has 3 rings (SSSR count). The number of benzene rings is 1. The van der Waals surface area contributed by atoms with E-state index in [9.17, 15) is 17.8 Å². The third-order valence-electron chi connectivity index (χ3n) is 3.75. The Morgan fingerprint density at radius 1 is 1.40 bits per heavy atom. The van der Waals surface area contributed by atoms with E-state index in [4.69, 9.17) is 28.9 Å². The summed E-state index contributed by atoms with van der Waals surface area (Å²) in [6, 6.07) is 3.85. The van der Waals surface area contributed by atoms with Crippen LogP contribution < -0.4 is 11.1 Å². The molecule has 25 heavy (non-hydrogen) atoms. The molecule has 2 aromatic rings. The number of rotatable bonds is 3. The molecule has 132 valence electrons. The van der Waals surface area contributed by atoms with E-state index in [1.54, 1.807) is 19.1 Å². The van der Waals surface area contributed by atoms with Crippen molar-refractivity contribution >= 4 is 45.2 Å². The quantitative estimate of drug-likeness (QED) is 0.675. The summed E-state index contributed by atoms with van der Waals surface area (Å²) in [6.07, 6.45) is 1.10. The molecule has 1 atom stereocenters. The molecule has 1 unspecified atom stereocenters. The molecular formula is C14H12Cl2N4O4S. The standard InChI is InChI=1S/C14H12Cl2N4O4S/c1-6-11(13(17)21)12(8-3-2-7(15)4-9(8)16)20-5-10(25(22,23)24)19-14(20)18-6/h2-5,12H,1H3,(H2,17,21)(H,18,19)(H,22,23,24). The fraction of sp³-hybridized carbons (Fsp3) is 0.143. The Kier molecular flexibility index (Phi) is 4.28. The number of aromatic nitrogens is 2. The van der Waals surface area contributed by atoms with E-state index in [1.807, 2.05) is 0 Å². The van der Waals surface area contributed by atoms with Crippen LogP contribution in [0.2, 0.25) is 10.0 Å². The average molecular weight is 403 g/mol. The van der Waals surface area contributed by atoms with Crippen LogP contribution >= 0.6 is 23.2 Å². The Hall–Kier alpha value is -2.07. The Morgan fingerprint density at radius 3 is 2.64 bits per heavy atom. The van der Waals surface area contributed by atoms with Gasteiger partial charge >= 0.3 is 10.1 Å². The third-order valence-corrected chi connectivity index (χ3v) is 5.04. The van der Waals surface area contributed by atoms with Crippen molar-refractivity contribution < 1.29 is 17.8 Å². The normalized spacial score (nSPS) is 17.2. The van der Waals surface area contributed by atoms with Crippen LogP contribution in [0.1, 0.15) is 18.5 Å². The molecule has 0 saturated carbocycles. The molecule has 1 aromatic carbocycles. The summed E-state index contributed by atoms with van der Waals surface area (Å²) in [5.41, 5.74) is 6.55. The maximum atomic E-state index is 12.0.